The third kappa shape index (κ3) is 13.9. The Morgan fingerprint density at radius 1 is 0.484 bits per heavy atom. The molecule has 0 saturated heterocycles. The summed E-state index contributed by atoms with van der Waals surface area (Å²) in [7, 11) is 0. The number of hydrogen-bond acceptors (Lipinski definition) is 14. The highest BCUT2D eigenvalue weighted by Crippen LogP contribution is 2.09. The van der Waals surface area contributed by atoms with E-state index in [2.05, 4.69) is 81.7 Å². The van der Waals surface area contributed by atoms with Crippen LogP contribution in [-0.2, 0) is 65.7 Å². The molecule has 0 saturated carbocycles. The number of carboxylic acids is 1. The first kappa shape index (κ1) is 47.3. The Kier molecular flexibility index (Phi) is 16.9. The van der Waals surface area contributed by atoms with Crippen molar-refractivity contribution in [1.82, 2.24) is 81.7 Å². The van der Waals surface area contributed by atoms with Crippen molar-refractivity contribution in [1.29, 1.82) is 0 Å². The SMILES string of the molecule is CC(C)[C@H](NC(=O)[C@H](CO)NC(=O)[C@H](Cc1cnc[nH]1)NC(=O)[C@H](Cc1cnc[nH]1)NC(=O)[C@H](Cc1cnc[nH]1)NC(=O)[C@H](Cc1cnc[nH]1)NC(=O)[C@@H](N)Cc1cnc[nH]1)C(=O)O. The molecule has 7 atom stereocenters. The molecule has 0 fully saturated rings. The molecule has 0 aliphatic carbocycles. The zero-order valence-electron chi connectivity index (χ0n) is 34.7. The monoisotopic (exact) mass is 889 g/mol. The number of nitrogens with one attached hydrogen (secondary N) is 11. The number of rotatable bonds is 25. The fraction of sp³-hybridized carbons (Fsp3) is 0.421. The number of carbonyl (C=O) groups excluding carboxylic acids is 6. The number of aromatic amines is 5. The van der Waals surface area contributed by atoms with Crippen LogP contribution in [0.2, 0.25) is 0 Å². The first-order chi connectivity index (χ1) is 30.7. The van der Waals surface area contributed by atoms with E-state index in [9.17, 15) is 43.8 Å². The van der Waals surface area contributed by atoms with Crippen molar-refractivity contribution < 1.29 is 43.8 Å². The van der Waals surface area contributed by atoms with Gasteiger partial charge in [-0.3, -0.25) is 28.8 Å². The summed E-state index contributed by atoms with van der Waals surface area (Å²) in [6, 6.07) is -9.58. The normalized spacial score (nSPS) is 14.5. The minimum atomic E-state index is -1.62. The molecule has 64 heavy (non-hydrogen) atoms. The molecule has 342 valence electrons. The topological polar surface area (TPSA) is 402 Å². The number of nitrogens with two attached hydrogens (primary N) is 1. The van der Waals surface area contributed by atoms with Gasteiger partial charge in [0.2, 0.25) is 35.4 Å². The Hall–Kier alpha value is -7.74. The molecule has 0 aliphatic heterocycles. The van der Waals surface area contributed by atoms with Crippen LogP contribution in [0.1, 0.15) is 42.3 Å². The molecule has 0 bridgehead atoms. The van der Waals surface area contributed by atoms with Crippen molar-refractivity contribution in [3.05, 3.63) is 91.1 Å². The summed E-state index contributed by atoms with van der Waals surface area (Å²) >= 11 is 0. The number of imidazole rings is 5. The summed E-state index contributed by atoms with van der Waals surface area (Å²) in [6.45, 7) is 2.21. The molecule has 0 spiro atoms. The highest BCUT2D eigenvalue weighted by molar-refractivity contribution is 5.97. The molecule has 6 amide bonds. The Morgan fingerprint density at radius 3 is 1.03 bits per heavy atom. The van der Waals surface area contributed by atoms with Crippen molar-refractivity contribution in [2.75, 3.05) is 6.61 Å². The smallest absolute Gasteiger partial charge is 0.326 e. The Morgan fingerprint density at radius 2 is 0.766 bits per heavy atom. The standard InChI is InChI=1S/C38H51N17O9/c1-19(2)31(38(63)64)55-37(62)30(13-56)54-36(61)29(7-24-12-44-18-49-24)53-35(60)28(6-23-11-43-17-48-23)52-34(59)27(5-22-10-42-16-47-22)51-33(58)26(4-21-9-41-15-46-21)50-32(57)25(39)3-20-8-40-14-45-20/h8-12,14-19,25-31,56H,3-7,13,39H2,1-2H3,(H,40,45)(H,41,46)(H,42,47)(H,43,48)(H,44,49)(H,50,57)(H,51,58)(H,52,59)(H,53,60)(H,54,61)(H,55,62)(H,63,64)/t25-,26-,27-,28-,29-,30-,31-/m0/s1. The molecule has 26 heteroatoms. The summed E-state index contributed by atoms with van der Waals surface area (Å²) in [5.41, 5.74) is 8.44. The zero-order chi connectivity index (χ0) is 46.2. The fourth-order valence-electron chi connectivity index (χ4n) is 6.36. The predicted octanol–water partition coefficient (Wildman–Crippen LogP) is -4.22. The van der Waals surface area contributed by atoms with E-state index in [1.165, 1.54) is 62.6 Å². The van der Waals surface area contributed by atoms with Crippen LogP contribution in [0, 0.1) is 5.92 Å². The highest BCUT2D eigenvalue weighted by Gasteiger charge is 2.35. The Bertz CT molecular complexity index is 2250. The van der Waals surface area contributed by atoms with E-state index in [1.807, 2.05) is 0 Å². The molecule has 0 unspecified atom stereocenters. The van der Waals surface area contributed by atoms with Gasteiger partial charge in [0.1, 0.15) is 36.3 Å². The lowest BCUT2D eigenvalue weighted by atomic mass is 10.0. The van der Waals surface area contributed by atoms with E-state index in [4.69, 9.17) is 5.73 Å². The van der Waals surface area contributed by atoms with Gasteiger partial charge in [-0.2, -0.15) is 0 Å². The minimum absolute atomic E-state index is 0.0753. The van der Waals surface area contributed by atoms with Gasteiger partial charge in [-0.25, -0.2) is 29.7 Å². The number of H-pyrrole nitrogens is 5. The zero-order valence-corrected chi connectivity index (χ0v) is 34.7. The molecule has 0 aliphatic rings. The number of aliphatic carboxylic acids is 1. The minimum Gasteiger partial charge on any atom is -0.480 e. The summed E-state index contributed by atoms with van der Waals surface area (Å²) in [6.07, 6.45) is 13.5. The summed E-state index contributed by atoms with van der Waals surface area (Å²) in [5.74, 6) is -6.98. The van der Waals surface area contributed by atoms with Crippen LogP contribution in [-0.4, -0.2) is 150 Å². The molecular weight excluding hydrogens is 839 g/mol. The van der Waals surface area contributed by atoms with Gasteiger partial charge >= 0.3 is 5.97 Å². The number of hydrogen-bond donors (Lipinski definition) is 14. The molecule has 0 radical (unpaired) electrons. The van der Waals surface area contributed by atoms with E-state index in [0.29, 0.717) is 28.5 Å². The Labute approximate surface area is 364 Å². The first-order valence-corrected chi connectivity index (χ1v) is 20.0. The largest absolute Gasteiger partial charge is 0.480 e. The van der Waals surface area contributed by atoms with Crippen molar-refractivity contribution >= 4 is 41.4 Å². The molecule has 0 aromatic carbocycles. The van der Waals surface area contributed by atoms with Crippen LogP contribution < -0.4 is 37.6 Å². The van der Waals surface area contributed by atoms with Gasteiger partial charge in [-0.1, -0.05) is 13.8 Å². The number of carboxylic acid groups (broad SMARTS) is 1. The number of aliphatic hydroxyl groups is 1. The third-order valence-corrected chi connectivity index (χ3v) is 9.82. The quantitative estimate of drug-likeness (QED) is 0.0264. The summed E-state index contributed by atoms with van der Waals surface area (Å²) in [4.78, 5) is 129. The van der Waals surface area contributed by atoms with Gasteiger partial charge in [0.15, 0.2) is 0 Å². The highest BCUT2D eigenvalue weighted by atomic mass is 16.4. The third-order valence-electron chi connectivity index (χ3n) is 9.82. The average Bonchev–Trinajstić information content (AvgIpc) is 4.12. The van der Waals surface area contributed by atoms with Crippen molar-refractivity contribution in [3.8, 4) is 0 Å². The number of carbonyl (C=O) groups is 7. The van der Waals surface area contributed by atoms with Crippen molar-refractivity contribution in [3.63, 3.8) is 0 Å². The summed E-state index contributed by atoms with van der Waals surface area (Å²) < 4.78 is 0. The molecule has 5 rings (SSSR count). The van der Waals surface area contributed by atoms with Crippen molar-refractivity contribution in [2.45, 2.75) is 88.2 Å². The lowest BCUT2D eigenvalue weighted by molar-refractivity contribution is -0.143. The van der Waals surface area contributed by atoms with Crippen LogP contribution in [0.3, 0.4) is 0 Å². The van der Waals surface area contributed by atoms with Crippen LogP contribution in [0.15, 0.2) is 62.6 Å². The summed E-state index contributed by atoms with van der Waals surface area (Å²) in [5, 5.41) is 34.9. The lowest BCUT2D eigenvalue weighted by Gasteiger charge is -2.27. The second-order valence-corrected chi connectivity index (χ2v) is 15.1. The van der Waals surface area contributed by atoms with Gasteiger partial charge in [-0.15, -0.1) is 0 Å². The van der Waals surface area contributed by atoms with Crippen LogP contribution in [0.4, 0.5) is 0 Å². The van der Waals surface area contributed by atoms with E-state index < -0.39 is 96.2 Å². The number of amides is 6. The molecule has 5 heterocycles. The number of aliphatic hydroxyl groups excluding tert-OH is 1. The van der Waals surface area contributed by atoms with Gasteiger partial charge < -0.3 is 72.8 Å². The second kappa shape index (κ2) is 22.9. The van der Waals surface area contributed by atoms with Crippen molar-refractivity contribution in [2.24, 2.45) is 11.7 Å². The van der Waals surface area contributed by atoms with Gasteiger partial charge in [0.05, 0.1) is 44.3 Å². The first-order valence-electron chi connectivity index (χ1n) is 20.0. The van der Waals surface area contributed by atoms with Crippen LogP contribution in [0.5, 0.6) is 0 Å². The maximum atomic E-state index is 14.3. The van der Waals surface area contributed by atoms with Crippen LogP contribution >= 0.6 is 0 Å². The number of nitrogens with zero attached hydrogens (tertiary/aromatic N) is 5. The van der Waals surface area contributed by atoms with E-state index in [1.54, 1.807) is 13.8 Å². The van der Waals surface area contributed by atoms with Gasteiger partial charge in [0.25, 0.3) is 0 Å². The number of aromatic nitrogens is 10. The lowest BCUT2D eigenvalue weighted by Crippen LogP contribution is -2.61. The van der Waals surface area contributed by atoms with E-state index in [0.717, 1.165) is 0 Å². The molecule has 5 aromatic heterocycles. The maximum absolute atomic E-state index is 14.3. The molecule has 26 nitrogen and oxygen atoms in total. The Balaban J connectivity index is 1.36. The van der Waals surface area contributed by atoms with Gasteiger partial charge in [-0.05, 0) is 5.92 Å². The fourth-order valence-corrected chi connectivity index (χ4v) is 6.36. The predicted molar refractivity (Wildman–Crippen MR) is 221 cm³/mol. The molecular formula is C38H51N17O9. The molecule has 5 aromatic rings. The van der Waals surface area contributed by atoms with E-state index in [-0.39, 0.29) is 32.1 Å². The maximum Gasteiger partial charge on any atom is 0.326 e. The van der Waals surface area contributed by atoms with Gasteiger partial charge in [0, 0.05) is 91.6 Å². The second-order valence-electron chi connectivity index (χ2n) is 15.1. The van der Waals surface area contributed by atoms with Crippen LogP contribution in [0.25, 0.3) is 0 Å². The van der Waals surface area contributed by atoms with E-state index >= 15 is 0 Å². The molecule has 15 N–H and O–H groups in total. The average molecular weight is 890 g/mol.